The molecule has 4 nitrogen and oxygen atoms in total. The highest BCUT2D eigenvalue weighted by Crippen LogP contribution is 2.25. The first-order valence-electron chi connectivity index (χ1n) is 6.28. The monoisotopic (exact) mass is 313 g/mol. The molecule has 0 radical (unpaired) electrons. The zero-order chi connectivity index (χ0) is 13.9. The molecule has 106 valence electrons. The Morgan fingerprint density at radius 3 is 2.90 bits per heavy atom. The van der Waals surface area contributed by atoms with Gasteiger partial charge in [-0.1, -0.05) is 28.2 Å². The lowest BCUT2D eigenvalue weighted by Crippen LogP contribution is -2.37. The molecule has 3 rings (SSSR count). The van der Waals surface area contributed by atoms with Gasteiger partial charge < -0.3 is 4.74 Å². The summed E-state index contributed by atoms with van der Waals surface area (Å²) in [5.41, 5.74) is 1.79. The molecule has 0 spiro atoms. The molecule has 2 aromatic rings. The van der Waals surface area contributed by atoms with Gasteiger partial charge in [0.05, 0.1) is 12.7 Å². The Morgan fingerprint density at radius 2 is 2.20 bits per heavy atom. The summed E-state index contributed by atoms with van der Waals surface area (Å²) in [5, 5.41) is 4.02. The summed E-state index contributed by atoms with van der Waals surface area (Å²) >= 11 is 7.22. The molecule has 1 aromatic carbocycles. The molecule has 1 atom stereocenters. The van der Waals surface area contributed by atoms with Gasteiger partial charge >= 0.3 is 0 Å². The van der Waals surface area contributed by atoms with Gasteiger partial charge in [-0.2, -0.15) is 0 Å². The van der Waals surface area contributed by atoms with E-state index in [1.807, 2.05) is 0 Å². The number of hydrogen-bond donors (Lipinski definition) is 0. The van der Waals surface area contributed by atoms with Crippen LogP contribution >= 0.6 is 23.1 Å². The van der Waals surface area contributed by atoms with E-state index >= 15 is 0 Å². The average Bonchev–Trinajstić information content (AvgIpc) is 2.85. The van der Waals surface area contributed by atoms with Crippen molar-refractivity contribution in [3.05, 3.63) is 45.7 Å². The second-order valence-electron chi connectivity index (χ2n) is 4.64. The first-order chi connectivity index (χ1) is 9.72. The Balaban J connectivity index is 1.67. The van der Waals surface area contributed by atoms with Crippen LogP contribution in [0.1, 0.15) is 17.4 Å². The summed E-state index contributed by atoms with van der Waals surface area (Å²) in [4.78, 5) is 2.22. The highest BCUT2D eigenvalue weighted by molar-refractivity contribution is 7.10. The van der Waals surface area contributed by atoms with Crippen molar-refractivity contribution in [1.29, 1.82) is 0 Å². The molecule has 0 aliphatic carbocycles. The van der Waals surface area contributed by atoms with E-state index in [0.717, 1.165) is 24.3 Å². The molecule has 2 heterocycles. The lowest BCUT2D eigenvalue weighted by Gasteiger charge is -2.32. The van der Waals surface area contributed by atoms with Crippen molar-refractivity contribution in [2.45, 2.75) is 12.6 Å². The van der Waals surface area contributed by atoms with Crippen molar-refractivity contribution >= 4 is 23.1 Å². The van der Waals surface area contributed by atoms with Gasteiger partial charge in [0.25, 0.3) is 0 Å². The third kappa shape index (κ3) is 3.15. The summed E-state index contributed by atoms with van der Waals surface area (Å²) in [6.07, 6.45) is -0.0466. The zero-order valence-corrected chi connectivity index (χ0v) is 12.2. The van der Waals surface area contributed by atoms with Gasteiger partial charge in [0.15, 0.2) is 0 Å². The first-order valence-corrected chi connectivity index (χ1v) is 7.43. The van der Waals surface area contributed by atoms with Gasteiger partial charge in [0, 0.05) is 31.2 Å². The van der Waals surface area contributed by atoms with E-state index in [1.165, 1.54) is 23.7 Å². The highest BCUT2D eigenvalue weighted by Gasteiger charge is 2.23. The normalized spacial score (nSPS) is 20.2. The van der Waals surface area contributed by atoms with Crippen LogP contribution < -0.4 is 0 Å². The fourth-order valence-corrected chi connectivity index (χ4v) is 2.84. The molecule has 1 fully saturated rings. The number of benzene rings is 1. The van der Waals surface area contributed by atoms with Crippen molar-refractivity contribution in [1.82, 2.24) is 14.5 Å². The number of hydrogen-bond acceptors (Lipinski definition) is 5. The molecule has 1 aromatic heterocycles. The minimum atomic E-state index is -0.234. The summed E-state index contributed by atoms with van der Waals surface area (Å²) < 4.78 is 23.2. The van der Waals surface area contributed by atoms with Crippen LogP contribution in [-0.2, 0) is 11.3 Å². The largest absolute Gasteiger partial charge is 0.371 e. The van der Waals surface area contributed by atoms with Gasteiger partial charge in [-0.3, -0.25) is 4.90 Å². The second-order valence-corrected chi connectivity index (χ2v) is 6.00. The molecule has 1 aliphatic rings. The van der Waals surface area contributed by atoms with Crippen molar-refractivity contribution in [3.8, 4) is 0 Å². The number of morpholine rings is 1. The molecular formula is C13H13ClFN3OS. The fourth-order valence-electron chi connectivity index (χ4n) is 2.23. The predicted molar refractivity (Wildman–Crippen MR) is 75.3 cm³/mol. The summed E-state index contributed by atoms with van der Waals surface area (Å²) in [5.74, 6) is -0.234. The molecule has 0 unspecified atom stereocenters. The maximum Gasteiger partial charge on any atom is 0.138 e. The van der Waals surface area contributed by atoms with Crippen LogP contribution in [0.2, 0.25) is 4.34 Å². The van der Waals surface area contributed by atoms with Crippen molar-refractivity contribution in [3.63, 3.8) is 0 Å². The Morgan fingerprint density at radius 1 is 1.40 bits per heavy atom. The standard InChI is InChI=1S/C13H13ClFN3OS/c14-13-11(16-17-20-13)7-18-5-6-19-12(8-18)9-1-3-10(15)4-2-9/h1-4,12H,5-8H2/t12-/m1/s1. The van der Waals surface area contributed by atoms with Crippen molar-refractivity contribution in [2.24, 2.45) is 0 Å². The third-order valence-electron chi connectivity index (χ3n) is 3.28. The van der Waals surface area contributed by atoms with E-state index in [-0.39, 0.29) is 11.9 Å². The average molecular weight is 314 g/mol. The molecule has 7 heteroatoms. The number of halogens is 2. The summed E-state index contributed by atoms with van der Waals surface area (Å²) in [6.45, 7) is 2.86. The minimum absolute atomic E-state index is 0.0466. The Hall–Kier alpha value is -1.08. The van der Waals surface area contributed by atoms with Gasteiger partial charge in [-0.05, 0) is 17.7 Å². The van der Waals surface area contributed by atoms with Crippen LogP contribution in [0.3, 0.4) is 0 Å². The minimum Gasteiger partial charge on any atom is -0.371 e. The van der Waals surface area contributed by atoms with Gasteiger partial charge in [0.2, 0.25) is 0 Å². The topological polar surface area (TPSA) is 38.2 Å². The van der Waals surface area contributed by atoms with Gasteiger partial charge in [-0.25, -0.2) is 4.39 Å². The SMILES string of the molecule is Fc1ccc([C@H]2CN(Cc3nnsc3Cl)CCO2)cc1. The summed E-state index contributed by atoms with van der Waals surface area (Å²) in [7, 11) is 0. The molecule has 0 bridgehead atoms. The maximum atomic E-state index is 12.9. The second kappa shape index (κ2) is 6.13. The smallest absolute Gasteiger partial charge is 0.138 e. The Kier molecular flexibility index (Phi) is 4.26. The van der Waals surface area contributed by atoms with Crippen LogP contribution in [0.4, 0.5) is 4.39 Å². The molecule has 1 aliphatic heterocycles. The maximum absolute atomic E-state index is 12.9. The zero-order valence-electron chi connectivity index (χ0n) is 10.6. The molecular weight excluding hydrogens is 301 g/mol. The lowest BCUT2D eigenvalue weighted by molar-refractivity contribution is -0.0333. The van der Waals surface area contributed by atoms with E-state index in [9.17, 15) is 4.39 Å². The first kappa shape index (κ1) is 13.9. The number of rotatable bonds is 3. The van der Waals surface area contributed by atoms with E-state index < -0.39 is 0 Å². The van der Waals surface area contributed by atoms with E-state index in [2.05, 4.69) is 14.5 Å². The van der Waals surface area contributed by atoms with Crippen LogP contribution in [0.5, 0.6) is 0 Å². The molecule has 0 saturated carbocycles. The predicted octanol–water partition coefficient (Wildman–Crippen LogP) is 2.90. The van der Waals surface area contributed by atoms with Crippen LogP contribution in [0.25, 0.3) is 0 Å². The van der Waals surface area contributed by atoms with Crippen LogP contribution in [0, 0.1) is 5.82 Å². The molecule has 1 saturated heterocycles. The van der Waals surface area contributed by atoms with Crippen LogP contribution in [-0.4, -0.2) is 34.2 Å². The Labute approximate surface area is 125 Å². The van der Waals surface area contributed by atoms with Crippen LogP contribution in [0.15, 0.2) is 24.3 Å². The quantitative estimate of drug-likeness (QED) is 0.873. The van der Waals surface area contributed by atoms with Crippen molar-refractivity contribution in [2.75, 3.05) is 19.7 Å². The van der Waals surface area contributed by atoms with E-state index in [1.54, 1.807) is 12.1 Å². The fraction of sp³-hybridized carbons (Fsp3) is 0.385. The van der Waals surface area contributed by atoms with E-state index in [4.69, 9.17) is 16.3 Å². The number of ether oxygens (including phenoxy) is 1. The third-order valence-corrected chi connectivity index (χ3v) is 4.26. The van der Waals surface area contributed by atoms with E-state index in [0.29, 0.717) is 17.5 Å². The highest BCUT2D eigenvalue weighted by atomic mass is 35.5. The number of aromatic nitrogens is 2. The van der Waals surface area contributed by atoms with Gasteiger partial charge in [-0.15, -0.1) is 5.10 Å². The molecule has 20 heavy (non-hydrogen) atoms. The summed E-state index contributed by atoms with van der Waals surface area (Å²) in [6, 6.07) is 6.44. The number of nitrogens with zero attached hydrogens (tertiary/aromatic N) is 3. The Bertz CT molecular complexity index is 577. The van der Waals surface area contributed by atoms with Crippen molar-refractivity contribution < 1.29 is 9.13 Å². The molecule has 0 amide bonds. The molecule has 0 N–H and O–H groups in total. The van der Waals surface area contributed by atoms with Gasteiger partial charge in [0.1, 0.15) is 15.8 Å². The lowest BCUT2D eigenvalue weighted by atomic mass is 10.1.